The number of hydrogen-bond donors (Lipinski definition) is 3. The minimum absolute atomic E-state index is 0.0955. The summed E-state index contributed by atoms with van der Waals surface area (Å²) < 4.78 is 68.9. The Kier molecular flexibility index (Phi) is 77.2. The lowest BCUT2D eigenvalue weighted by Crippen LogP contribution is -2.30. The Hall–Kier alpha value is -2.20. The normalized spacial score (nSPS) is 13.8. The third-order valence-electron chi connectivity index (χ3n) is 19.8. The van der Waals surface area contributed by atoms with Crippen molar-refractivity contribution in [2.45, 2.75) is 470 Å². The molecule has 0 aromatic heterocycles. The Morgan fingerprint density at radius 1 is 0.260 bits per heavy atom. The number of allylic oxidation sites excluding steroid dienone is 2. The van der Waals surface area contributed by atoms with Crippen molar-refractivity contribution in [3.8, 4) is 0 Å². The third-order valence-corrected chi connectivity index (χ3v) is 21.7. The van der Waals surface area contributed by atoms with Crippen molar-refractivity contribution in [3.05, 3.63) is 12.2 Å². The molecule has 0 saturated carbocycles. The maximum Gasteiger partial charge on any atom is 0.472 e. The van der Waals surface area contributed by atoms with Gasteiger partial charge in [0.05, 0.1) is 26.4 Å². The highest BCUT2D eigenvalue weighted by atomic mass is 31.2. The van der Waals surface area contributed by atoms with Gasteiger partial charge in [0.25, 0.3) is 0 Å². The summed E-state index contributed by atoms with van der Waals surface area (Å²) in [6, 6.07) is 0. The average molecular weight is 1520 g/mol. The van der Waals surface area contributed by atoms with Gasteiger partial charge in [-0.15, -0.1) is 0 Å². The van der Waals surface area contributed by atoms with Gasteiger partial charge in [-0.25, -0.2) is 9.13 Å². The van der Waals surface area contributed by atoms with Crippen LogP contribution in [0.25, 0.3) is 0 Å². The molecule has 0 aliphatic heterocycles. The van der Waals surface area contributed by atoms with E-state index < -0.39 is 97.5 Å². The summed E-state index contributed by atoms with van der Waals surface area (Å²) in [6.07, 6.45) is 74.5. The minimum Gasteiger partial charge on any atom is -0.462 e. The number of phosphoric acid groups is 2. The van der Waals surface area contributed by atoms with Crippen LogP contribution in [0.2, 0.25) is 0 Å². The summed E-state index contributed by atoms with van der Waals surface area (Å²) in [7, 11) is -9.93. The van der Waals surface area contributed by atoms with E-state index in [1.807, 2.05) is 0 Å². The number of hydrogen-bond acceptors (Lipinski definition) is 15. The van der Waals surface area contributed by atoms with Crippen LogP contribution in [0, 0.1) is 0 Å². The fourth-order valence-corrected chi connectivity index (χ4v) is 14.6. The predicted molar refractivity (Wildman–Crippen MR) is 428 cm³/mol. The number of carbonyl (C=O) groups is 4. The number of phosphoric ester groups is 2. The molecule has 0 aromatic rings. The molecule has 0 aromatic carbocycles. The summed E-state index contributed by atoms with van der Waals surface area (Å²) >= 11 is 0. The topological polar surface area (TPSA) is 237 Å². The summed E-state index contributed by atoms with van der Waals surface area (Å²) in [5.74, 6) is -2.11. The largest absolute Gasteiger partial charge is 0.472 e. The highest BCUT2D eigenvalue weighted by molar-refractivity contribution is 7.47. The molecule has 19 heteroatoms. The Morgan fingerprint density at radius 2 is 0.442 bits per heavy atom. The molecular formula is C85H164O17P2. The summed E-state index contributed by atoms with van der Waals surface area (Å²) in [5.41, 5.74) is 0. The number of esters is 4. The van der Waals surface area contributed by atoms with Crippen molar-refractivity contribution in [3.63, 3.8) is 0 Å². The van der Waals surface area contributed by atoms with E-state index in [1.165, 1.54) is 270 Å². The average Bonchev–Trinajstić information content (AvgIpc) is 0.935. The van der Waals surface area contributed by atoms with Gasteiger partial charge in [0.1, 0.15) is 19.3 Å². The lowest BCUT2D eigenvalue weighted by Gasteiger charge is -2.21. The number of carbonyl (C=O) groups excluding carboxylic acids is 4. The van der Waals surface area contributed by atoms with Gasteiger partial charge in [0.15, 0.2) is 12.2 Å². The van der Waals surface area contributed by atoms with Crippen molar-refractivity contribution in [1.82, 2.24) is 0 Å². The molecule has 104 heavy (non-hydrogen) atoms. The molecule has 3 N–H and O–H groups in total. The molecular weight excluding hydrogens is 1350 g/mol. The van der Waals surface area contributed by atoms with Crippen LogP contribution in [0.5, 0.6) is 0 Å². The van der Waals surface area contributed by atoms with Crippen LogP contribution in [-0.4, -0.2) is 96.7 Å². The first kappa shape index (κ1) is 102. The number of aliphatic hydroxyl groups excluding tert-OH is 1. The maximum absolute atomic E-state index is 13.1. The molecule has 5 atom stereocenters. The molecule has 616 valence electrons. The number of aliphatic hydroxyl groups is 1. The first-order chi connectivity index (χ1) is 50.7. The van der Waals surface area contributed by atoms with Crippen molar-refractivity contribution in [2.75, 3.05) is 39.6 Å². The molecule has 0 heterocycles. The van der Waals surface area contributed by atoms with Gasteiger partial charge in [-0.05, 0) is 51.4 Å². The van der Waals surface area contributed by atoms with Crippen LogP contribution in [-0.2, 0) is 65.4 Å². The molecule has 0 rings (SSSR count). The third kappa shape index (κ3) is 77.9. The van der Waals surface area contributed by atoms with E-state index in [2.05, 4.69) is 39.8 Å². The highest BCUT2D eigenvalue weighted by Gasteiger charge is 2.30. The lowest BCUT2D eigenvalue weighted by atomic mass is 10.0. The van der Waals surface area contributed by atoms with Gasteiger partial charge >= 0.3 is 39.5 Å². The smallest absolute Gasteiger partial charge is 0.462 e. The van der Waals surface area contributed by atoms with E-state index in [9.17, 15) is 43.2 Å². The Bertz CT molecular complexity index is 2010. The SMILES string of the molecule is CCCCCCCC/C=C\CCCCCCCC(=O)O[C@H](COC(=O)CCCCCCCCCCCCCCCCCCC)COP(=O)(O)OC[C@@H](O)COP(=O)(O)OC[C@@H](COC(=O)CCCCCCCCCCCCCCCCC)OC(=O)CCCCCCCCCCCCCCCCCCC. The number of unbranched alkanes of at least 4 members (excludes halogenated alkanes) is 57. The van der Waals surface area contributed by atoms with Gasteiger partial charge in [-0.2, -0.15) is 0 Å². The Labute approximate surface area is 638 Å². The van der Waals surface area contributed by atoms with Crippen molar-refractivity contribution in [1.29, 1.82) is 0 Å². The molecule has 0 aliphatic rings. The Balaban J connectivity index is 5.28. The zero-order valence-electron chi connectivity index (χ0n) is 67.7. The second-order valence-electron chi connectivity index (χ2n) is 30.2. The molecule has 0 spiro atoms. The van der Waals surface area contributed by atoms with Crippen LogP contribution in [0.1, 0.15) is 451 Å². The van der Waals surface area contributed by atoms with Crippen LogP contribution in [0.4, 0.5) is 0 Å². The quantitative estimate of drug-likeness (QED) is 0.0169. The lowest BCUT2D eigenvalue weighted by molar-refractivity contribution is -0.161. The fourth-order valence-electron chi connectivity index (χ4n) is 13.0. The first-order valence-corrected chi connectivity index (χ1v) is 46.9. The van der Waals surface area contributed by atoms with Gasteiger partial charge < -0.3 is 33.8 Å². The minimum atomic E-state index is -4.97. The van der Waals surface area contributed by atoms with E-state index in [0.29, 0.717) is 25.7 Å². The second kappa shape index (κ2) is 78.9. The predicted octanol–water partition coefficient (Wildman–Crippen LogP) is 25.9. The molecule has 0 amide bonds. The van der Waals surface area contributed by atoms with Crippen LogP contribution in [0.3, 0.4) is 0 Å². The monoisotopic (exact) mass is 1520 g/mol. The molecule has 0 bridgehead atoms. The van der Waals surface area contributed by atoms with Gasteiger partial charge in [-0.3, -0.25) is 37.3 Å². The fraction of sp³-hybridized carbons (Fsp3) is 0.929. The summed E-state index contributed by atoms with van der Waals surface area (Å²) in [5, 5.41) is 10.7. The van der Waals surface area contributed by atoms with Crippen molar-refractivity contribution >= 4 is 39.5 Å². The van der Waals surface area contributed by atoms with Gasteiger partial charge in [0, 0.05) is 25.7 Å². The molecule has 0 saturated heterocycles. The van der Waals surface area contributed by atoms with Crippen LogP contribution in [0.15, 0.2) is 12.2 Å². The van der Waals surface area contributed by atoms with E-state index in [4.69, 9.17) is 37.0 Å². The van der Waals surface area contributed by atoms with Crippen molar-refractivity contribution < 1.29 is 80.2 Å². The van der Waals surface area contributed by atoms with Gasteiger partial charge in [-0.1, -0.05) is 387 Å². The molecule has 0 fully saturated rings. The maximum atomic E-state index is 13.1. The van der Waals surface area contributed by atoms with Crippen molar-refractivity contribution in [2.24, 2.45) is 0 Å². The van der Waals surface area contributed by atoms with Crippen LogP contribution < -0.4 is 0 Å². The zero-order valence-corrected chi connectivity index (χ0v) is 69.5. The number of rotatable bonds is 85. The molecule has 2 unspecified atom stereocenters. The van der Waals surface area contributed by atoms with E-state index >= 15 is 0 Å². The van der Waals surface area contributed by atoms with Gasteiger partial charge in [0.2, 0.25) is 0 Å². The highest BCUT2D eigenvalue weighted by Crippen LogP contribution is 2.45. The summed E-state index contributed by atoms with van der Waals surface area (Å²) in [4.78, 5) is 73.2. The van der Waals surface area contributed by atoms with E-state index in [0.717, 1.165) is 103 Å². The summed E-state index contributed by atoms with van der Waals surface area (Å²) in [6.45, 7) is 5.03. The van der Waals surface area contributed by atoms with E-state index in [-0.39, 0.29) is 25.7 Å². The van der Waals surface area contributed by atoms with E-state index in [1.54, 1.807) is 0 Å². The Morgan fingerprint density at radius 3 is 0.663 bits per heavy atom. The first-order valence-electron chi connectivity index (χ1n) is 43.9. The zero-order chi connectivity index (χ0) is 76.0. The number of ether oxygens (including phenoxy) is 4. The molecule has 17 nitrogen and oxygen atoms in total. The van der Waals surface area contributed by atoms with Crippen LogP contribution >= 0.6 is 15.6 Å². The molecule has 0 radical (unpaired) electrons. The second-order valence-corrected chi connectivity index (χ2v) is 33.1. The molecule has 0 aliphatic carbocycles. The standard InChI is InChI=1S/C85H164O17P2/c1-5-9-13-17-21-25-29-33-37-39-43-46-50-54-58-62-66-70-83(88)96-76-80(101-84(89)71-67-63-59-55-51-47-42-36-32-28-24-20-16-12-8-4)77-99-103(91,92)97-73-79(86)74-98-104(93,94)100-78-81(75-95-82(87)69-65-61-57-53-49-45-41-35-31-27-23-19-15-11-7-3)102-85(90)72-68-64-60-56-52-48-44-40-38-34-30-26-22-18-14-10-6-2/h36,42,79-81,86H,5-35,37-41,43-78H2,1-4H3,(H,91,92)(H,93,94)/b42-36-/t79-,80-,81-/m1/s1.